The summed E-state index contributed by atoms with van der Waals surface area (Å²) in [5.74, 6) is -0.289. The number of hydrogen-bond donors (Lipinski definition) is 2. The first-order chi connectivity index (χ1) is 7.84. The molecule has 0 fully saturated rings. The van der Waals surface area contributed by atoms with Crippen molar-refractivity contribution in [2.75, 3.05) is 12.4 Å². The lowest BCUT2D eigenvalue weighted by Crippen LogP contribution is -2.35. The number of anilines is 1. The third-order valence-electron chi connectivity index (χ3n) is 2.21. The molecule has 1 rings (SSSR count). The maximum Gasteiger partial charge on any atom is 0.416 e. The van der Waals surface area contributed by atoms with Crippen molar-refractivity contribution >= 4 is 11.6 Å². The largest absolute Gasteiger partial charge is 0.416 e. The van der Waals surface area contributed by atoms with E-state index in [-0.39, 0.29) is 11.6 Å². The molecule has 0 bridgehead atoms. The van der Waals surface area contributed by atoms with Gasteiger partial charge in [0, 0.05) is 12.7 Å². The highest BCUT2D eigenvalue weighted by atomic mass is 19.4. The number of benzene rings is 1. The zero-order valence-electron chi connectivity index (χ0n) is 9.43. The molecule has 3 nitrogen and oxygen atoms in total. The topological polar surface area (TPSA) is 41.1 Å². The van der Waals surface area contributed by atoms with Gasteiger partial charge in [0.2, 0.25) is 5.91 Å². The minimum Gasteiger partial charge on any atom is -0.374 e. The number of carbonyl (C=O) groups is 1. The van der Waals surface area contributed by atoms with Crippen molar-refractivity contribution in [3.8, 4) is 0 Å². The van der Waals surface area contributed by atoms with E-state index in [4.69, 9.17) is 0 Å². The summed E-state index contributed by atoms with van der Waals surface area (Å²) in [5, 5.41) is 5.10. The van der Waals surface area contributed by atoms with Crippen LogP contribution in [-0.2, 0) is 11.0 Å². The fraction of sp³-hybridized carbons (Fsp3) is 0.364. The summed E-state index contributed by atoms with van der Waals surface area (Å²) in [6, 6.07) is 4.13. The summed E-state index contributed by atoms with van der Waals surface area (Å²) in [6.45, 7) is 1.57. The highest BCUT2D eigenvalue weighted by molar-refractivity contribution is 5.83. The molecule has 0 spiro atoms. The van der Waals surface area contributed by atoms with Crippen molar-refractivity contribution in [1.82, 2.24) is 5.32 Å². The van der Waals surface area contributed by atoms with E-state index in [1.807, 2.05) is 0 Å². The summed E-state index contributed by atoms with van der Waals surface area (Å²) >= 11 is 0. The number of halogens is 3. The van der Waals surface area contributed by atoms with E-state index in [2.05, 4.69) is 10.6 Å². The summed E-state index contributed by atoms with van der Waals surface area (Å²) in [6.07, 6.45) is -4.38. The predicted octanol–water partition coefficient (Wildman–Crippen LogP) is 2.25. The van der Waals surface area contributed by atoms with Crippen LogP contribution in [0.5, 0.6) is 0 Å². The molecule has 0 saturated carbocycles. The van der Waals surface area contributed by atoms with E-state index in [9.17, 15) is 18.0 Å². The van der Waals surface area contributed by atoms with Gasteiger partial charge in [-0.25, -0.2) is 0 Å². The lowest BCUT2D eigenvalue weighted by molar-refractivity contribution is -0.137. The first kappa shape index (κ1) is 13.3. The number of likely N-dealkylation sites (N-methyl/N-ethyl adjacent to an activating group) is 1. The zero-order chi connectivity index (χ0) is 13.1. The molecule has 94 valence electrons. The summed E-state index contributed by atoms with van der Waals surface area (Å²) in [4.78, 5) is 11.2. The standard InChI is InChI=1S/C11H13F3N2O/c1-7(10(17)15-2)16-9-5-3-4-8(6-9)11(12,13)14/h3-7,16H,1-2H3,(H,15,17)/t7-/m0/s1. The van der Waals surface area contributed by atoms with Gasteiger partial charge < -0.3 is 10.6 Å². The first-order valence-corrected chi connectivity index (χ1v) is 5.00. The number of carbonyl (C=O) groups excluding carboxylic acids is 1. The smallest absolute Gasteiger partial charge is 0.374 e. The molecule has 1 aromatic carbocycles. The van der Waals surface area contributed by atoms with Crippen molar-refractivity contribution in [2.24, 2.45) is 0 Å². The summed E-state index contributed by atoms with van der Waals surface area (Å²) < 4.78 is 37.3. The van der Waals surface area contributed by atoms with Gasteiger partial charge in [0.1, 0.15) is 6.04 Å². The molecule has 1 aromatic rings. The predicted molar refractivity (Wildman–Crippen MR) is 58.6 cm³/mol. The Morgan fingerprint density at radius 3 is 2.53 bits per heavy atom. The van der Waals surface area contributed by atoms with E-state index in [1.165, 1.54) is 19.2 Å². The highest BCUT2D eigenvalue weighted by Gasteiger charge is 2.30. The van der Waals surface area contributed by atoms with Crippen LogP contribution >= 0.6 is 0 Å². The minimum absolute atomic E-state index is 0.260. The van der Waals surface area contributed by atoms with Crippen molar-refractivity contribution in [1.29, 1.82) is 0 Å². The quantitative estimate of drug-likeness (QED) is 0.858. The molecule has 0 unspecified atom stereocenters. The Labute approximate surface area is 97.0 Å². The van der Waals surface area contributed by atoms with Gasteiger partial charge in [-0.15, -0.1) is 0 Å². The molecule has 17 heavy (non-hydrogen) atoms. The normalized spacial score (nSPS) is 13.0. The number of alkyl halides is 3. The SMILES string of the molecule is CNC(=O)[C@H](C)Nc1cccc(C(F)(F)F)c1. The molecule has 0 saturated heterocycles. The second-order valence-electron chi connectivity index (χ2n) is 3.56. The fourth-order valence-electron chi connectivity index (χ4n) is 1.32. The Bertz CT molecular complexity index is 404. The average Bonchev–Trinajstić information content (AvgIpc) is 2.27. The molecule has 6 heteroatoms. The molecule has 0 aliphatic rings. The molecule has 0 radical (unpaired) electrons. The van der Waals surface area contributed by atoms with E-state index >= 15 is 0 Å². The van der Waals surface area contributed by atoms with Gasteiger partial charge in [-0.2, -0.15) is 13.2 Å². The lowest BCUT2D eigenvalue weighted by atomic mass is 10.2. The monoisotopic (exact) mass is 246 g/mol. The van der Waals surface area contributed by atoms with Gasteiger partial charge in [0.15, 0.2) is 0 Å². The molecule has 1 atom stereocenters. The van der Waals surface area contributed by atoms with Crippen LogP contribution in [-0.4, -0.2) is 19.0 Å². The maximum atomic E-state index is 12.4. The van der Waals surface area contributed by atoms with Crippen molar-refractivity contribution in [3.05, 3.63) is 29.8 Å². The van der Waals surface area contributed by atoms with Gasteiger partial charge in [-0.1, -0.05) is 6.07 Å². The van der Waals surface area contributed by atoms with Crippen molar-refractivity contribution < 1.29 is 18.0 Å². The summed E-state index contributed by atoms with van der Waals surface area (Å²) in [7, 11) is 1.46. The van der Waals surface area contributed by atoms with Gasteiger partial charge >= 0.3 is 6.18 Å². The molecule has 0 aliphatic carbocycles. The molecule has 0 aliphatic heterocycles. The number of hydrogen-bond acceptors (Lipinski definition) is 2. The van der Waals surface area contributed by atoms with Gasteiger partial charge in [-0.3, -0.25) is 4.79 Å². The van der Waals surface area contributed by atoms with E-state index < -0.39 is 17.8 Å². The van der Waals surface area contributed by atoms with Gasteiger partial charge in [0.25, 0.3) is 0 Å². The Morgan fingerprint density at radius 2 is 2.00 bits per heavy atom. The number of amides is 1. The van der Waals surface area contributed by atoms with Crippen LogP contribution in [0.3, 0.4) is 0 Å². The lowest BCUT2D eigenvalue weighted by Gasteiger charge is -2.15. The van der Waals surface area contributed by atoms with Crippen molar-refractivity contribution in [3.63, 3.8) is 0 Å². The Balaban J connectivity index is 2.83. The summed E-state index contributed by atoms with van der Waals surface area (Å²) in [5.41, 5.74) is -0.484. The van der Waals surface area contributed by atoms with Crippen LogP contribution in [0.1, 0.15) is 12.5 Å². The van der Waals surface area contributed by atoms with Gasteiger partial charge in [-0.05, 0) is 25.1 Å². The van der Waals surface area contributed by atoms with Crippen LogP contribution in [0.4, 0.5) is 18.9 Å². The molecule has 1 amide bonds. The second-order valence-corrected chi connectivity index (χ2v) is 3.56. The van der Waals surface area contributed by atoms with Crippen LogP contribution in [0.2, 0.25) is 0 Å². The maximum absolute atomic E-state index is 12.4. The van der Waals surface area contributed by atoms with Gasteiger partial charge in [0.05, 0.1) is 5.56 Å². The van der Waals surface area contributed by atoms with E-state index in [0.29, 0.717) is 0 Å². The number of rotatable bonds is 3. The third-order valence-corrected chi connectivity index (χ3v) is 2.21. The van der Waals surface area contributed by atoms with E-state index in [1.54, 1.807) is 6.92 Å². The Kier molecular flexibility index (Phi) is 3.98. The molecule has 0 heterocycles. The Morgan fingerprint density at radius 1 is 1.35 bits per heavy atom. The minimum atomic E-state index is -4.38. The zero-order valence-corrected chi connectivity index (χ0v) is 9.43. The highest BCUT2D eigenvalue weighted by Crippen LogP contribution is 2.30. The second kappa shape index (κ2) is 5.07. The van der Waals surface area contributed by atoms with Crippen LogP contribution in [0, 0.1) is 0 Å². The first-order valence-electron chi connectivity index (χ1n) is 5.00. The van der Waals surface area contributed by atoms with Crippen LogP contribution in [0.25, 0.3) is 0 Å². The van der Waals surface area contributed by atoms with Crippen molar-refractivity contribution in [2.45, 2.75) is 19.1 Å². The number of nitrogens with one attached hydrogen (secondary N) is 2. The van der Waals surface area contributed by atoms with E-state index in [0.717, 1.165) is 12.1 Å². The molecular formula is C11H13F3N2O. The Hall–Kier alpha value is -1.72. The molecule has 0 aromatic heterocycles. The average molecular weight is 246 g/mol. The molecular weight excluding hydrogens is 233 g/mol. The van der Waals surface area contributed by atoms with Crippen LogP contribution in [0.15, 0.2) is 24.3 Å². The third kappa shape index (κ3) is 3.65. The molecule has 2 N–H and O–H groups in total. The van der Waals surface area contributed by atoms with Crippen LogP contribution < -0.4 is 10.6 Å². The fourth-order valence-corrected chi connectivity index (χ4v) is 1.32.